The highest BCUT2D eigenvalue weighted by Crippen LogP contribution is 2.04. The van der Waals surface area contributed by atoms with Crippen molar-refractivity contribution < 1.29 is 0 Å². The number of rotatable bonds is 7. The summed E-state index contributed by atoms with van der Waals surface area (Å²) in [6, 6.07) is 1.99. The Morgan fingerprint density at radius 3 is 2.79 bits per heavy atom. The molecule has 0 amide bonds. The van der Waals surface area contributed by atoms with Gasteiger partial charge in [-0.25, -0.2) is 0 Å². The summed E-state index contributed by atoms with van der Waals surface area (Å²) in [5.74, 6) is 1.09. The van der Waals surface area contributed by atoms with Crippen molar-refractivity contribution >= 4 is 5.82 Å². The summed E-state index contributed by atoms with van der Waals surface area (Å²) in [7, 11) is 1.94. The molecule has 0 radical (unpaired) electrons. The Hall–Kier alpha value is -1.03. The molecule has 0 spiro atoms. The highest BCUT2D eigenvalue weighted by Gasteiger charge is 1.95. The van der Waals surface area contributed by atoms with E-state index < -0.39 is 0 Å². The topological polar surface area (TPSA) is 55.9 Å². The number of nitrogens with two attached hydrogens (primary N) is 1. The second kappa shape index (κ2) is 6.43. The van der Waals surface area contributed by atoms with Crippen LogP contribution in [0, 0.1) is 0 Å². The molecule has 0 aromatic carbocycles. The minimum Gasteiger partial charge on any atom is -0.370 e. The molecule has 0 saturated heterocycles. The molecule has 0 bridgehead atoms. The van der Waals surface area contributed by atoms with Crippen LogP contribution in [0.15, 0.2) is 12.3 Å². The number of hydrogen-bond acceptors (Lipinski definition) is 3. The molecule has 1 aromatic rings. The van der Waals surface area contributed by atoms with Crippen LogP contribution >= 0.6 is 0 Å². The molecular weight excluding hydrogens is 176 g/mol. The van der Waals surface area contributed by atoms with Crippen molar-refractivity contribution in [3.05, 3.63) is 12.3 Å². The number of hydrogen-bond donors (Lipinski definition) is 2. The van der Waals surface area contributed by atoms with Crippen LogP contribution in [0.5, 0.6) is 0 Å². The molecule has 3 N–H and O–H groups in total. The second-order valence-corrected chi connectivity index (χ2v) is 3.47. The van der Waals surface area contributed by atoms with Gasteiger partial charge in [0, 0.05) is 19.7 Å². The standard InChI is InChI=1S/C10H20N4/c1-14-10(6-9-13-14)12-8-5-3-2-4-7-11/h6,9,12H,2-5,7-8,11H2,1H3. The maximum absolute atomic E-state index is 5.41. The van der Waals surface area contributed by atoms with Crippen molar-refractivity contribution in [1.29, 1.82) is 0 Å². The van der Waals surface area contributed by atoms with E-state index >= 15 is 0 Å². The third kappa shape index (κ3) is 3.79. The van der Waals surface area contributed by atoms with Gasteiger partial charge in [0.25, 0.3) is 0 Å². The van der Waals surface area contributed by atoms with Gasteiger partial charge in [-0.3, -0.25) is 4.68 Å². The maximum atomic E-state index is 5.41. The zero-order valence-electron chi connectivity index (χ0n) is 8.87. The van der Waals surface area contributed by atoms with Gasteiger partial charge >= 0.3 is 0 Å². The van der Waals surface area contributed by atoms with Crippen LogP contribution in [-0.2, 0) is 7.05 Å². The van der Waals surface area contributed by atoms with Gasteiger partial charge in [-0.15, -0.1) is 0 Å². The van der Waals surface area contributed by atoms with Gasteiger partial charge in [0.1, 0.15) is 5.82 Å². The van der Waals surface area contributed by atoms with E-state index in [1.165, 1.54) is 19.3 Å². The smallest absolute Gasteiger partial charge is 0.123 e. The summed E-state index contributed by atoms with van der Waals surface area (Å²) in [4.78, 5) is 0. The van der Waals surface area contributed by atoms with Crippen LogP contribution in [0.1, 0.15) is 25.7 Å². The fraction of sp³-hybridized carbons (Fsp3) is 0.700. The molecule has 4 heteroatoms. The first-order chi connectivity index (χ1) is 6.84. The summed E-state index contributed by atoms with van der Waals surface area (Å²) in [6.07, 6.45) is 6.64. The summed E-state index contributed by atoms with van der Waals surface area (Å²) in [6.45, 7) is 1.83. The van der Waals surface area contributed by atoms with Gasteiger partial charge in [0.05, 0.1) is 6.20 Å². The molecule has 0 aliphatic carbocycles. The van der Waals surface area contributed by atoms with E-state index in [1.807, 2.05) is 17.8 Å². The van der Waals surface area contributed by atoms with Crippen LogP contribution in [0.3, 0.4) is 0 Å². The van der Waals surface area contributed by atoms with Crippen molar-refractivity contribution in [2.45, 2.75) is 25.7 Å². The van der Waals surface area contributed by atoms with Crippen molar-refractivity contribution in [2.24, 2.45) is 12.8 Å². The molecule has 80 valence electrons. The van der Waals surface area contributed by atoms with Crippen LogP contribution < -0.4 is 11.1 Å². The summed E-state index contributed by atoms with van der Waals surface area (Å²) in [5, 5.41) is 7.42. The second-order valence-electron chi connectivity index (χ2n) is 3.47. The van der Waals surface area contributed by atoms with Crippen molar-refractivity contribution in [1.82, 2.24) is 9.78 Å². The molecule has 0 aliphatic heterocycles. The first-order valence-corrected chi connectivity index (χ1v) is 5.26. The average Bonchev–Trinajstić information content (AvgIpc) is 2.58. The van der Waals surface area contributed by atoms with E-state index in [1.54, 1.807) is 6.20 Å². The van der Waals surface area contributed by atoms with Crippen molar-refractivity contribution in [2.75, 3.05) is 18.4 Å². The Kier molecular flexibility index (Phi) is 5.07. The normalized spacial score (nSPS) is 10.4. The molecule has 0 atom stereocenters. The lowest BCUT2D eigenvalue weighted by Crippen LogP contribution is -2.06. The van der Waals surface area contributed by atoms with E-state index in [4.69, 9.17) is 5.73 Å². The Balaban J connectivity index is 2.02. The van der Waals surface area contributed by atoms with Crippen LogP contribution in [0.2, 0.25) is 0 Å². The Bertz CT molecular complexity index is 244. The van der Waals surface area contributed by atoms with Crippen LogP contribution in [-0.4, -0.2) is 22.9 Å². The van der Waals surface area contributed by atoms with E-state index in [0.29, 0.717) is 0 Å². The molecule has 4 nitrogen and oxygen atoms in total. The first-order valence-electron chi connectivity index (χ1n) is 5.26. The van der Waals surface area contributed by atoms with Gasteiger partial charge in [0.2, 0.25) is 0 Å². The predicted octanol–water partition coefficient (Wildman–Crippen LogP) is 1.35. The number of nitrogens with one attached hydrogen (secondary N) is 1. The number of anilines is 1. The molecule has 1 rings (SSSR count). The van der Waals surface area contributed by atoms with E-state index in [9.17, 15) is 0 Å². The highest BCUT2D eigenvalue weighted by atomic mass is 15.3. The van der Waals surface area contributed by atoms with Crippen LogP contribution in [0.4, 0.5) is 5.82 Å². The number of aryl methyl sites for hydroxylation is 1. The van der Waals surface area contributed by atoms with Gasteiger partial charge in [-0.05, 0) is 19.4 Å². The van der Waals surface area contributed by atoms with Crippen molar-refractivity contribution in [3.63, 3.8) is 0 Å². The fourth-order valence-electron chi connectivity index (χ4n) is 1.39. The number of aromatic nitrogens is 2. The monoisotopic (exact) mass is 196 g/mol. The molecule has 14 heavy (non-hydrogen) atoms. The fourth-order valence-corrected chi connectivity index (χ4v) is 1.39. The highest BCUT2D eigenvalue weighted by molar-refractivity contribution is 5.32. The minimum absolute atomic E-state index is 0.815. The Labute approximate surface area is 85.5 Å². The zero-order valence-corrected chi connectivity index (χ0v) is 8.87. The molecular formula is C10H20N4. The maximum Gasteiger partial charge on any atom is 0.123 e. The lowest BCUT2D eigenvalue weighted by Gasteiger charge is -2.05. The Morgan fingerprint density at radius 1 is 1.36 bits per heavy atom. The van der Waals surface area contributed by atoms with Gasteiger partial charge in [0.15, 0.2) is 0 Å². The van der Waals surface area contributed by atoms with E-state index in [2.05, 4.69) is 10.4 Å². The largest absolute Gasteiger partial charge is 0.370 e. The predicted molar refractivity (Wildman–Crippen MR) is 59.2 cm³/mol. The lowest BCUT2D eigenvalue weighted by atomic mass is 10.2. The van der Waals surface area contributed by atoms with E-state index in [-0.39, 0.29) is 0 Å². The van der Waals surface area contributed by atoms with E-state index in [0.717, 1.165) is 25.3 Å². The first kappa shape index (κ1) is 11.0. The molecule has 0 unspecified atom stereocenters. The molecule has 0 fully saturated rings. The molecule has 1 heterocycles. The summed E-state index contributed by atoms with van der Waals surface area (Å²) >= 11 is 0. The van der Waals surface area contributed by atoms with Gasteiger partial charge in [-0.2, -0.15) is 5.10 Å². The molecule has 0 saturated carbocycles. The number of unbranched alkanes of at least 4 members (excludes halogenated alkanes) is 3. The van der Waals surface area contributed by atoms with Crippen molar-refractivity contribution in [3.8, 4) is 0 Å². The lowest BCUT2D eigenvalue weighted by molar-refractivity contribution is 0.658. The van der Waals surface area contributed by atoms with Gasteiger partial charge in [-0.1, -0.05) is 12.8 Å². The quantitative estimate of drug-likeness (QED) is 0.647. The Morgan fingerprint density at radius 2 is 2.14 bits per heavy atom. The minimum atomic E-state index is 0.815. The summed E-state index contributed by atoms with van der Waals surface area (Å²) < 4.78 is 1.85. The summed E-state index contributed by atoms with van der Waals surface area (Å²) in [5.41, 5.74) is 5.41. The third-order valence-corrected chi connectivity index (χ3v) is 2.26. The third-order valence-electron chi connectivity index (χ3n) is 2.26. The SMILES string of the molecule is Cn1nccc1NCCCCCCN. The van der Waals surface area contributed by atoms with Gasteiger partial charge < -0.3 is 11.1 Å². The molecule has 0 aliphatic rings. The number of nitrogens with zero attached hydrogens (tertiary/aromatic N) is 2. The average molecular weight is 196 g/mol. The van der Waals surface area contributed by atoms with Crippen LogP contribution in [0.25, 0.3) is 0 Å². The zero-order chi connectivity index (χ0) is 10.2. The molecule has 1 aromatic heterocycles.